The van der Waals surface area contributed by atoms with Crippen molar-refractivity contribution < 1.29 is 9.15 Å². The van der Waals surface area contributed by atoms with Gasteiger partial charge in [0.2, 0.25) is 0 Å². The molecule has 3 aromatic rings. The van der Waals surface area contributed by atoms with Gasteiger partial charge in [0.05, 0.1) is 29.8 Å². The van der Waals surface area contributed by atoms with E-state index in [9.17, 15) is 4.79 Å². The molecule has 0 unspecified atom stereocenters. The molecule has 0 saturated carbocycles. The first kappa shape index (κ1) is 14.0. The highest BCUT2D eigenvalue weighted by atomic mass is 32.1. The molecule has 0 fully saturated rings. The van der Waals surface area contributed by atoms with Gasteiger partial charge in [-0.2, -0.15) is 5.26 Å². The lowest BCUT2D eigenvalue weighted by atomic mass is 10.2. The number of hydrogen-bond acceptors (Lipinski definition) is 5. The van der Waals surface area contributed by atoms with Gasteiger partial charge in [0.25, 0.3) is 0 Å². The van der Waals surface area contributed by atoms with Crippen molar-refractivity contribution in [3.8, 4) is 17.5 Å². The largest absolute Gasteiger partial charge is 0.497 e. The van der Waals surface area contributed by atoms with Gasteiger partial charge in [0, 0.05) is 0 Å². The van der Waals surface area contributed by atoms with E-state index in [1.807, 2.05) is 6.07 Å². The van der Waals surface area contributed by atoms with Crippen LogP contribution in [-0.4, -0.2) is 11.7 Å². The molecule has 0 radical (unpaired) electrons. The zero-order valence-corrected chi connectivity index (χ0v) is 12.4. The van der Waals surface area contributed by atoms with Crippen molar-refractivity contribution in [2.24, 2.45) is 0 Å². The van der Waals surface area contributed by atoms with Crippen LogP contribution in [0, 0.1) is 16.0 Å². The number of fused-ring (bicyclic) bond motifs is 1. The summed E-state index contributed by atoms with van der Waals surface area (Å²) in [5, 5.41) is 9.45. The van der Waals surface area contributed by atoms with Crippen LogP contribution in [0.25, 0.3) is 16.7 Å². The molecule has 3 rings (SSSR count). The molecule has 108 valence electrons. The van der Waals surface area contributed by atoms with Crippen LogP contribution < -0.4 is 10.5 Å². The minimum atomic E-state index is -0.577. The molecular weight excluding hydrogens is 300 g/mol. The third-order valence-electron chi connectivity index (χ3n) is 3.25. The van der Waals surface area contributed by atoms with Crippen LogP contribution >= 0.6 is 12.2 Å². The number of benzene rings is 2. The van der Waals surface area contributed by atoms with Crippen LogP contribution in [0.4, 0.5) is 0 Å². The Morgan fingerprint density at radius 2 is 1.95 bits per heavy atom. The maximum Gasteiger partial charge on any atom is 0.425 e. The highest BCUT2D eigenvalue weighted by molar-refractivity contribution is 7.71. The molecule has 0 aliphatic carbocycles. The Balaban J connectivity index is 2.31. The molecule has 0 aliphatic heterocycles. The average molecular weight is 310 g/mol. The van der Waals surface area contributed by atoms with Crippen molar-refractivity contribution in [3.63, 3.8) is 0 Å². The molecule has 0 amide bonds. The van der Waals surface area contributed by atoms with Crippen LogP contribution in [0.3, 0.4) is 0 Å². The number of ether oxygens (including phenoxy) is 1. The van der Waals surface area contributed by atoms with E-state index in [0.29, 0.717) is 32.6 Å². The standard InChI is InChI=1S/C16H10N2O3S/c1-20-12-6-7-14-13(8-12)15(22)18(16(19)21-14)11-4-2-10(9-17)3-5-11/h2-8H,1H3. The molecule has 22 heavy (non-hydrogen) atoms. The van der Waals surface area contributed by atoms with E-state index in [-0.39, 0.29) is 0 Å². The first-order valence-corrected chi connectivity index (χ1v) is 6.79. The smallest absolute Gasteiger partial charge is 0.425 e. The van der Waals surface area contributed by atoms with E-state index in [1.165, 1.54) is 4.57 Å². The van der Waals surface area contributed by atoms with Crippen molar-refractivity contribution in [2.75, 3.05) is 7.11 Å². The van der Waals surface area contributed by atoms with Crippen LogP contribution in [0.5, 0.6) is 5.75 Å². The van der Waals surface area contributed by atoms with Gasteiger partial charge >= 0.3 is 5.76 Å². The van der Waals surface area contributed by atoms with Gasteiger partial charge in [-0.25, -0.2) is 9.36 Å². The lowest BCUT2D eigenvalue weighted by Gasteiger charge is -2.08. The fourth-order valence-electron chi connectivity index (χ4n) is 2.14. The maximum absolute atomic E-state index is 12.2. The second kappa shape index (κ2) is 5.47. The molecule has 0 bridgehead atoms. The predicted molar refractivity (Wildman–Crippen MR) is 83.9 cm³/mol. The first-order chi connectivity index (χ1) is 10.6. The van der Waals surface area contributed by atoms with E-state index in [2.05, 4.69) is 0 Å². The molecule has 5 nitrogen and oxygen atoms in total. The monoisotopic (exact) mass is 310 g/mol. The van der Waals surface area contributed by atoms with Gasteiger partial charge < -0.3 is 9.15 Å². The quantitative estimate of drug-likeness (QED) is 0.680. The molecule has 1 heterocycles. The Bertz CT molecular complexity index is 1010. The SMILES string of the molecule is COc1ccc2oc(=O)n(-c3ccc(C#N)cc3)c(=S)c2c1. The van der Waals surface area contributed by atoms with E-state index in [0.717, 1.165) is 0 Å². The van der Waals surface area contributed by atoms with E-state index in [1.54, 1.807) is 49.6 Å². The van der Waals surface area contributed by atoms with Gasteiger partial charge in [-0.15, -0.1) is 0 Å². The first-order valence-electron chi connectivity index (χ1n) is 6.38. The van der Waals surface area contributed by atoms with Crippen LogP contribution in [-0.2, 0) is 0 Å². The third-order valence-corrected chi connectivity index (χ3v) is 3.66. The van der Waals surface area contributed by atoms with Gasteiger partial charge in [0.15, 0.2) is 0 Å². The second-order valence-corrected chi connectivity index (χ2v) is 4.92. The molecule has 0 aliphatic rings. The number of rotatable bonds is 2. The molecule has 1 aromatic heterocycles. The minimum Gasteiger partial charge on any atom is -0.497 e. The number of aromatic nitrogens is 1. The van der Waals surface area contributed by atoms with Crippen molar-refractivity contribution in [1.29, 1.82) is 5.26 Å². The molecule has 0 spiro atoms. The maximum atomic E-state index is 12.2. The van der Waals surface area contributed by atoms with Gasteiger partial charge in [0.1, 0.15) is 16.0 Å². The van der Waals surface area contributed by atoms with E-state index < -0.39 is 5.76 Å². The summed E-state index contributed by atoms with van der Waals surface area (Å²) in [4.78, 5) is 12.2. The van der Waals surface area contributed by atoms with Crippen molar-refractivity contribution in [1.82, 2.24) is 4.57 Å². The van der Waals surface area contributed by atoms with Crippen molar-refractivity contribution in [2.45, 2.75) is 0 Å². The van der Waals surface area contributed by atoms with Crippen molar-refractivity contribution >= 4 is 23.2 Å². The van der Waals surface area contributed by atoms with Crippen molar-refractivity contribution in [3.05, 3.63) is 63.2 Å². The van der Waals surface area contributed by atoms with Crippen LogP contribution in [0.2, 0.25) is 0 Å². The predicted octanol–water partition coefficient (Wildman–Crippen LogP) is 3.19. The van der Waals surface area contributed by atoms with Gasteiger partial charge in [-0.1, -0.05) is 12.2 Å². The molecule has 6 heteroatoms. The normalized spacial score (nSPS) is 10.4. The fourth-order valence-corrected chi connectivity index (χ4v) is 2.48. The summed E-state index contributed by atoms with van der Waals surface area (Å²) in [7, 11) is 1.55. The Kier molecular flexibility index (Phi) is 3.49. The highest BCUT2D eigenvalue weighted by Gasteiger charge is 2.10. The molecule has 0 atom stereocenters. The lowest BCUT2D eigenvalue weighted by Crippen LogP contribution is -2.18. The average Bonchev–Trinajstić information content (AvgIpc) is 2.55. The summed E-state index contributed by atoms with van der Waals surface area (Å²) >= 11 is 5.41. The zero-order valence-electron chi connectivity index (χ0n) is 11.6. The summed E-state index contributed by atoms with van der Waals surface area (Å²) in [6, 6.07) is 13.6. The van der Waals surface area contributed by atoms with Crippen LogP contribution in [0.15, 0.2) is 51.7 Å². The summed E-state index contributed by atoms with van der Waals surface area (Å²) in [6.45, 7) is 0. The Morgan fingerprint density at radius 3 is 2.59 bits per heavy atom. The van der Waals surface area contributed by atoms with Gasteiger partial charge in [-0.05, 0) is 42.5 Å². The Morgan fingerprint density at radius 1 is 1.23 bits per heavy atom. The molecule has 0 saturated heterocycles. The summed E-state index contributed by atoms with van der Waals surface area (Å²) in [6.07, 6.45) is 0. The van der Waals surface area contributed by atoms with E-state index >= 15 is 0 Å². The Hall–Kier alpha value is -2.91. The number of nitrogens with zero attached hydrogens (tertiary/aromatic N) is 2. The zero-order chi connectivity index (χ0) is 15.7. The Labute approximate surface area is 130 Å². The number of methoxy groups -OCH3 is 1. The summed E-state index contributed by atoms with van der Waals surface area (Å²) < 4.78 is 12.1. The molecule has 0 N–H and O–H groups in total. The minimum absolute atomic E-state index is 0.329. The lowest BCUT2D eigenvalue weighted by molar-refractivity contribution is 0.414. The third kappa shape index (κ3) is 2.28. The highest BCUT2D eigenvalue weighted by Crippen LogP contribution is 2.22. The number of hydrogen-bond donors (Lipinski definition) is 0. The van der Waals surface area contributed by atoms with E-state index in [4.69, 9.17) is 26.6 Å². The summed E-state index contributed by atoms with van der Waals surface area (Å²) in [5.74, 6) is 0.0474. The van der Waals surface area contributed by atoms with Crippen LogP contribution in [0.1, 0.15) is 5.56 Å². The molecular formula is C16H10N2O3S. The summed E-state index contributed by atoms with van der Waals surface area (Å²) in [5.41, 5.74) is 1.45. The topological polar surface area (TPSA) is 68.2 Å². The fraction of sp³-hybridized carbons (Fsp3) is 0.0625. The van der Waals surface area contributed by atoms with Gasteiger partial charge in [-0.3, -0.25) is 0 Å². The molecule has 2 aromatic carbocycles. The number of nitriles is 1. The second-order valence-electron chi connectivity index (χ2n) is 4.53.